The van der Waals surface area contributed by atoms with Gasteiger partial charge in [-0.05, 0) is 69.2 Å². The molecule has 7 nitrogen and oxygen atoms in total. The van der Waals surface area contributed by atoms with Gasteiger partial charge in [-0.15, -0.1) is 0 Å². The number of anilines is 1. The van der Waals surface area contributed by atoms with Crippen molar-refractivity contribution in [3.8, 4) is 5.75 Å². The maximum Gasteiger partial charge on any atom is 0.254 e. The van der Waals surface area contributed by atoms with E-state index in [1.165, 1.54) is 4.90 Å². The zero-order chi connectivity index (χ0) is 22.5. The Balaban J connectivity index is 1.56. The highest BCUT2D eigenvalue weighted by Crippen LogP contribution is 2.19. The summed E-state index contributed by atoms with van der Waals surface area (Å²) in [6.45, 7) is 7.89. The van der Waals surface area contributed by atoms with E-state index in [-0.39, 0.29) is 18.4 Å². The summed E-state index contributed by atoms with van der Waals surface area (Å²) in [5, 5.41) is 6.78. The van der Waals surface area contributed by atoms with Crippen LogP contribution in [-0.4, -0.2) is 35.5 Å². The molecule has 0 radical (unpaired) electrons. The SMILES string of the molecule is Cc1ccc(C)c(NC(=O)CN(C)C(=O)c2ccc(OCc3c(C)noc3C)cc2)c1. The molecule has 7 heteroatoms. The molecule has 1 aromatic heterocycles. The Hall–Kier alpha value is -3.61. The van der Waals surface area contributed by atoms with E-state index in [2.05, 4.69) is 10.5 Å². The Labute approximate surface area is 182 Å². The summed E-state index contributed by atoms with van der Waals surface area (Å²) >= 11 is 0. The summed E-state index contributed by atoms with van der Waals surface area (Å²) < 4.78 is 10.9. The molecular weight excluding hydrogens is 394 g/mol. The number of carbonyl (C=O) groups excluding carboxylic acids is 2. The van der Waals surface area contributed by atoms with Gasteiger partial charge in [0.2, 0.25) is 5.91 Å². The maximum absolute atomic E-state index is 12.7. The average molecular weight is 421 g/mol. The third-order valence-electron chi connectivity index (χ3n) is 5.06. The minimum absolute atomic E-state index is 0.0451. The lowest BCUT2D eigenvalue weighted by Crippen LogP contribution is -2.35. The van der Waals surface area contributed by atoms with Gasteiger partial charge in [-0.3, -0.25) is 9.59 Å². The Morgan fingerprint density at radius 1 is 1.06 bits per heavy atom. The molecule has 0 aliphatic rings. The van der Waals surface area contributed by atoms with Gasteiger partial charge in [0.25, 0.3) is 5.91 Å². The van der Waals surface area contributed by atoms with Gasteiger partial charge in [-0.2, -0.15) is 0 Å². The Morgan fingerprint density at radius 2 is 1.77 bits per heavy atom. The van der Waals surface area contributed by atoms with Crippen LogP contribution in [0.15, 0.2) is 47.0 Å². The number of benzene rings is 2. The van der Waals surface area contributed by atoms with Crippen LogP contribution in [0.3, 0.4) is 0 Å². The molecule has 0 saturated heterocycles. The number of aryl methyl sites for hydroxylation is 4. The number of carbonyl (C=O) groups is 2. The highest BCUT2D eigenvalue weighted by atomic mass is 16.5. The second-order valence-corrected chi connectivity index (χ2v) is 7.64. The van der Waals surface area contributed by atoms with Crippen LogP contribution in [0.4, 0.5) is 5.69 Å². The van der Waals surface area contributed by atoms with Crippen LogP contribution < -0.4 is 10.1 Å². The molecule has 2 amide bonds. The van der Waals surface area contributed by atoms with E-state index < -0.39 is 0 Å². The third kappa shape index (κ3) is 5.51. The largest absolute Gasteiger partial charge is 0.489 e. The number of hydrogen-bond donors (Lipinski definition) is 1. The molecule has 0 atom stereocenters. The smallest absolute Gasteiger partial charge is 0.254 e. The standard InChI is InChI=1S/C24H27N3O4/c1-15-6-7-16(2)22(12-15)25-23(28)13-27(5)24(29)19-8-10-20(11-9-19)30-14-21-17(3)26-31-18(21)4/h6-12H,13-14H2,1-5H3,(H,25,28). The number of likely N-dealkylation sites (N-methyl/N-ethyl adjacent to an activating group) is 1. The van der Waals surface area contributed by atoms with E-state index in [9.17, 15) is 9.59 Å². The number of amides is 2. The highest BCUT2D eigenvalue weighted by Gasteiger charge is 2.16. The predicted molar refractivity (Wildman–Crippen MR) is 118 cm³/mol. The first-order chi connectivity index (χ1) is 14.7. The lowest BCUT2D eigenvalue weighted by atomic mass is 10.1. The van der Waals surface area contributed by atoms with Gasteiger partial charge in [-0.1, -0.05) is 17.3 Å². The van der Waals surface area contributed by atoms with Crippen molar-refractivity contribution in [3.63, 3.8) is 0 Å². The summed E-state index contributed by atoms with van der Waals surface area (Å²) in [6.07, 6.45) is 0. The molecule has 0 bridgehead atoms. The van der Waals surface area contributed by atoms with Gasteiger partial charge in [0.1, 0.15) is 18.1 Å². The Bertz CT molecular complexity index is 1070. The van der Waals surface area contributed by atoms with Crippen molar-refractivity contribution in [2.45, 2.75) is 34.3 Å². The fourth-order valence-corrected chi connectivity index (χ4v) is 3.13. The predicted octanol–water partition coefficient (Wildman–Crippen LogP) is 4.20. The van der Waals surface area contributed by atoms with Gasteiger partial charge in [0, 0.05) is 18.3 Å². The van der Waals surface area contributed by atoms with E-state index in [4.69, 9.17) is 9.26 Å². The zero-order valence-corrected chi connectivity index (χ0v) is 18.5. The molecule has 0 unspecified atom stereocenters. The zero-order valence-electron chi connectivity index (χ0n) is 18.5. The molecule has 0 saturated carbocycles. The van der Waals surface area contributed by atoms with Crippen molar-refractivity contribution in [2.24, 2.45) is 0 Å². The van der Waals surface area contributed by atoms with Crippen LogP contribution in [0, 0.1) is 27.7 Å². The van der Waals surface area contributed by atoms with Crippen LogP contribution in [0.1, 0.15) is 38.5 Å². The second-order valence-electron chi connectivity index (χ2n) is 7.64. The molecule has 162 valence electrons. The van der Waals surface area contributed by atoms with Crippen LogP contribution in [0.25, 0.3) is 0 Å². The first-order valence-electron chi connectivity index (χ1n) is 10.0. The lowest BCUT2D eigenvalue weighted by Gasteiger charge is -2.18. The van der Waals surface area contributed by atoms with Gasteiger partial charge in [0.15, 0.2) is 0 Å². The van der Waals surface area contributed by atoms with E-state index in [1.807, 2.05) is 45.9 Å². The fraction of sp³-hybridized carbons (Fsp3) is 0.292. The Morgan fingerprint density at radius 3 is 2.42 bits per heavy atom. The summed E-state index contributed by atoms with van der Waals surface area (Å²) in [6, 6.07) is 12.7. The molecule has 0 aliphatic carbocycles. The minimum Gasteiger partial charge on any atom is -0.489 e. The highest BCUT2D eigenvalue weighted by molar-refractivity contribution is 5.99. The minimum atomic E-state index is -0.246. The normalized spacial score (nSPS) is 10.6. The van der Waals surface area contributed by atoms with Crippen molar-refractivity contribution in [3.05, 3.63) is 76.2 Å². The second kappa shape index (κ2) is 9.47. The van der Waals surface area contributed by atoms with Gasteiger partial charge >= 0.3 is 0 Å². The van der Waals surface area contributed by atoms with Crippen LogP contribution in [0.5, 0.6) is 5.75 Å². The summed E-state index contributed by atoms with van der Waals surface area (Å²) in [5.41, 5.74) is 4.97. The van der Waals surface area contributed by atoms with E-state index in [0.717, 1.165) is 33.8 Å². The third-order valence-corrected chi connectivity index (χ3v) is 5.06. The fourth-order valence-electron chi connectivity index (χ4n) is 3.13. The summed E-state index contributed by atoms with van der Waals surface area (Å²) in [5.74, 6) is 0.870. The van der Waals surface area contributed by atoms with Crippen molar-refractivity contribution in [1.82, 2.24) is 10.1 Å². The van der Waals surface area contributed by atoms with Crippen molar-refractivity contribution in [2.75, 3.05) is 18.9 Å². The lowest BCUT2D eigenvalue weighted by molar-refractivity contribution is -0.116. The number of nitrogens with zero attached hydrogens (tertiary/aromatic N) is 2. The molecular formula is C24H27N3O4. The molecule has 31 heavy (non-hydrogen) atoms. The van der Waals surface area contributed by atoms with Gasteiger partial charge in [0.05, 0.1) is 17.8 Å². The van der Waals surface area contributed by atoms with Gasteiger partial charge < -0.3 is 19.5 Å². The van der Waals surface area contributed by atoms with Crippen molar-refractivity contribution >= 4 is 17.5 Å². The maximum atomic E-state index is 12.7. The number of rotatable bonds is 7. The first-order valence-corrected chi connectivity index (χ1v) is 10.0. The van der Waals surface area contributed by atoms with E-state index in [0.29, 0.717) is 17.9 Å². The molecule has 1 heterocycles. The van der Waals surface area contributed by atoms with E-state index in [1.54, 1.807) is 31.3 Å². The van der Waals surface area contributed by atoms with Crippen LogP contribution in [0.2, 0.25) is 0 Å². The summed E-state index contributed by atoms with van der Waals surface area (Å²) in [7, 11) is 1.60. The molecule has 1 N–H and O–H groups in total. The molecule has 3 aromatic rings. The van der Waals surface area contributed by atoms with Crippen LogP contribution >= 0.6 is 0 Å². The molecule has 3 rings (SSSR count). The topological polar surface area (TPSA) is 84.7 Å². The number of nitrogens with one attached hydrogen (secondary N) is 1. The first kappa shape index (κ1) is 22.1. The van der Waals surface area contributed by atoms with Crippen molar-refractivity contribution < 1.29 is 18.8 Å². The van der Waals surface area contributed by atoms with E-state index >= 15 is 0 Å². The monoisotopic (exact) mass is 421 g/mol. The molecule has 0 aliphatic heterocycles. The number of ether oxygens (including phenoxy) is 1. The number of aromatic nitrogens is 1. The van der Waals surface area contributed by atoms with Crippen LogP contribution in [-0.2, 0) is 11.4 Å². The van der Waals surface area contributed by atoms with Gasteiger partial charge in [-0.25, -0.2) is 0 Å². The molecule has 0 fully saturated rings. The number of hydrogen-bond acceptors (Lipinski definition) is 5. The average Bonchev–Trinajstić information content (AvgIpc) is 3.06. The van der Waals surface area contributed by atoms with Crippen molar-refractivity contribution in [1.29, 1.82) is 0 Å². The molecule has 2 aromatic carbocycles. The Kier molecular flexibility index (Phi) is 6.74. The summed E-state index contributed by atoms with van der Waals surface area (Å²) in [4.78, 5) is 26.5. The molecule has 0 spiro atoms. The quantitative estimate of drug-likeness (QED) is 0.618.